The molecule has 0 fully saturated rings. The van der Waals surface area contributed by atoms with Gasteiger partial charge in [0.1, 0.15) is 5.82 Å². The number of nitrogens with two attached hydrogens (primary N) is 1. The van der Waals surface area contributed by atoms with Crippen molar-refractivity contribution in [2.75, 3.05) is 11.1 Å². The fraction of sp³-hybridized carbons (Fsp3) is 0.214. The van der Waals surface area contributed by atoms with Crippen LogP contribution in [0.15, 0.2) is 34.9 Å². The van der Waals surface area contributed by atoms with Gasteiger partial charge in [-0.05, 0) is 52.5 Å². The molecule has 3 nitrogen and oxygen atoms in total. The Bertz CT molecular complexity index is 550. The van der Waals surface area contributed by atoms with Crippen LogP contribution in [-0.2, 0) is 6.42 Å². The second-order valence-corrected chi connectivity index (χ2v) is 4.97. The van der Waals surface area contributed by atoms with Crippen LogP contribution in [0.5, 0.6) is 0 Å². The summed E-state index contributed by atoms with van der Waals surface area (Å²) in [7, 11) is 0. The van der Waals surface area contributed by atoms with Crippen molar-refractivity contribution in [2.24, 2.45) is 0 Å². The highest BCUT2D eigenvalue weighted by atomic mass is 79.9. The normalized spacial score (nSPS) is 10.4. The van der Waals surface area contributed by atoms with Crippen LogP contribution in [0.3, 0.4) is 0 Å². The van der Waals surface area contributed by atoms with E-state index in [4.69, 9.17) is 5.73 Å². The lowest BCUT2D eigenvalue weighted by Gasteiger charge is -2.11. The van der Waals surface area contributed by atoms with E-state index in [1.807, 2.05) is 6.92 Å². The van der Waals surface area contributed by atoms with Gasteiger partial charge in [-0.1, -0.05) is 19.1 Å². The van der Waals surface area contributed by atoms with E-state index < -0.39 is 0 Å². The first-order valence-corrected chi connectivity index (χ1v) is 6.67. The van der Waals surface area contributed by atoms with E-state index >= 15 is 0 Å². The molecule has 1 aromatic carbocycles. The molecule has 0 aliphatic carbocycles. The van der Waals surface area contributed by atoms with Crippen molar-refractivity contribution in [1.82, 2.24) is 4.98 Å². The molecule has 0 saturated heterocycles. The minimum absolute atomic E-state index is 0.689. The summed E-state index contributed by atoms with van der Waals surface area (Å²) in [5.74, 6) is 0.783. The quantitative estimate of drug-likeness (QED) is 0.899. The third kappa shape index (κ3) is 2.64. The lowest BCUT2D eigenvalue weighted by atomic mass is 10.1. The number of nitrogens with one attached hydrogen (secondary N) is 1. The monoisotopic (exact) mass is 305 g/mol. The lowest BCUT2D eigenvalue weighted by Crippen LogP contribution is -1.99. The summed E-state index contributed by atoms with van der Waals surface area (Å²) < 4.78 is 0.905. The van der Waals surface area contributed by atoms with E-state index in [-0.39, 0.29) is 0 Å². The number of hydrogen-bond acceptors (Lipinski definition) is 3. The van der Waals surface area contributed by atoms with Crippen molar-refractivity contribution >= 4 is 33.1 Å². The van der Waals surface area contributed by atoms with Gasteiger partial charge in [0.05, 0.1) is 16.4 Å². The van der Waals surface area contributed by atoms with Crippen molar-refractivity contribution in [3.63, 3.8) is 0 Å². The molecule has 0 aliphatic heterocycles. The average molecular weight is 306 g/mol. The molecule has 0 unspecified atom stereocenters. The maximum atomic E-state index is 5.80. The second-order valence-electron chi connectivity index (χ2n) is 4.18. The molecule has 4 heteroatoms. The number of halogens is 1. The SMILES string of the molecule is CCc1ccc(Nc2ncc(N)c(C)c2Br)cc1. The van der Waals surface area contributed by atoms with Crippen LogP contribution >= 0.6 is 15.9 Å². The first-order chi connectivity index (χ1) is 8.61. The number of benzene rings is 1. The van der Waals surface area contributed by atoms with Crippen molar-refractivity contribution in [2.45, 2.75) is 20.3 Å². The molecule has 0 saturated carbocycles. The summed E-state index contributed by atoms with van der Waals surface area (Å²) in [5, 5.41) is 3.28. The predicted octanol–water partition coefficient (Wildman–Crippen LogP) is 4.04. The van der Waals surface area contributed by atoms with E-state index in [0.29, 0.717) is 5.69 Å². The minimum Gasteiger partial charge on any atom is -0.397 e. The van der Waals surface area contributed by atoms with Crippen LogP contribution in [0.25, 0.3) is 0 Å². The van der Waals surface area contributed by atoms with Crippen LogP contribution in [0, 0.1) is 6.92 Å². The maximum absolute atomic E-state index is 5.80. The van der Waals surface area contributed by atoms with Crippen molar-refractivity contribution in [3.8, 4) is 0 Å². The summed E-state index contributed by atoms with van der Waals surface area (Å²) in [6, 6.07) is 8.33. The molecule has 2 aromatic rings. The van der Waals surface area contributed by atoms with Gasteiger partial charge in [0, 0.05) is 5.69 Å². The van der Waals surface area contributed by atoms with Gasteiger partial charge in [-0.2, -0.15) is 0 Å². The number of aromatic nitrogens is 1. The molecule has 0 bridgehead atoms. The summed E-state index contributed by atoms with van der Waals surface area (Å²) in [4.78, 5) is 4.29. The van der Waals surface area contributed by atoms with Gasteiger partial charge in [0.25, 0.3) is 0 Å². The third-order valence-electron chi connectivity index (χ3n) is 2.93. The highest BCUT2D eigenvalue weighted by Gasteiger charge is 2.07. The van der Waals surface area contributed by atoms with Crippen LogP contribution < -0.4 is 11.1 Å². The highest BCUT2D eigenvalue weighted by Crippen LogP contribution is 2.29. The molecule has 3 N–H and O–H groups in total. The number of nitrogen functional groups attached to an aromatic ring is 1. The Morgan fingerprint density at radius 2 is 1.94 bits per heavy atom. The topological polar surface area (TPSA) is 50.9 Å². The average Bonchev–Trinajstić information content (AvgIpc) is 2.40. The minimum atomic E-state index is 0.689. The number of nitrogens with zero attached hydrogens (tertiary/aromatic N) is 1. The Hall–Kier alpha value is -1.55. The fourth-order valence-corrected chi connectivity index (χ4v) is 2.07. The van der Waals surface area contributed by atoms with Crippen molar-refractivity contribution in [3.05, 3.63) is 46.1 Å². The van der Waals surface area contributed by atoms with E-state index in [2.05, 4.69) is 57.4 Å². The molecule has 0 radical (unpaired) electrons. The molecule has 94 valence electrons. The molecular formula is C14H16BrN3. The van der Waals surface area contributed by atoms with Gasteiger partial charge in [-0.3, -0.25) is 0 Å². The van der Waals surface area contributed by atoms with Crippen LogP contribution in [-0.4, -0.2) is 4.98 Å². The smallest absolute Gasteiger partial charge is 0.145 e. The first kappa shape index (κ1) is 12.9. The van der Waals surface area contributed by atoms with Crippen LogP contribution in [0.2, 0.25) is 0 Å². The first-order valence-electron chi connectivity index (χ1n) is 5.88. The van der Waals surface area contributed by atoms with Crippen molar-refractivity contribution in [1.29, 1.82) is 0 Å². The standard InChI is InChI=1S/C14H16BrN3/c1-3-10-4-6-11(7-5-10)18-14-13(15)9(2)12(16)8-17-14/h4-8H,3,16H2,1-2H3,(H,17,18). The summed E-state index contributed by atoms with van der Waals surface area (Å²) in [5.41, 5.74) is 9.83. The largest absolute Gasteiger partial charge is 0.397 e. The number of aryl methyl sites for hydroxylation is 1. The van der Waals surface area contributed by atoms with E-state index in [9.17, 15) is 0 Å². The Morgan fingerprint density at radius 1 is 1.28 bits per heavy atom. The Balaban J connectivity index is 2.25. The summed E-state index contributed by atoms with van der Waals surface area (Å²) >= 11 is 3.51. The van der Waals surface area contributed by atoms with Gasteiger partial charge in [-0.25, -0.2) is 4.98 Å². The zero-order valence-electron chi connectivity index (χ0n) is 10.5. The number of hydrogen-bond donors (Lipinski definition) is 2. The van der Waals surface area contributed by atoms with Crippen LogP contribution in [0.1, 0.15) is 18.1 Å². The number of anilines is 3. The third-order valence-corrected chi connectivity index (χ3v) is 3.90. The molecule has 2 rings (SSSR count). The van der Waals surface area contributed by atoms with E-state index in [0.717, 1.165) is 28.0 Å². The van der Waals surface area contributed by atoms with Gasteiger partial charge < -0.3 is 11.1 Å². The van der Waals surface area contributed by atoms with Crippen LogP contribution in [0.4, 0.5) is 17.2 Å². The second kappa shape index (κ2) is 5.40. The highest BCUT2D eigenvalue weighted by molar-refractivity contribution is 9.10. The van der Waals surface area contributed by atoms with Crippen molar-refractivity contribution < 1.29 is 0 Å². The van der Waals surface area contributed by atoms with Gasteiger partial charge in [0.15, 0.2) is 0 Å². The molecule has 0 aliphatic rings. The Morgan fingerprint density at radius 3 is 2.56 bits per heavy atom. The molecule has 18 heavy (non-hydrogen) atoms. The molecule has 0 spiro atoms. The van der Waals surface area contributed by atoms with E-state index in [1.165, 1.54) is 5.56 Å². The van der Waals surface area contributed by atoms with Gasteiger partial charge >= 0.3 is 0 Å². The van der Waals surface area contributed by atoms with Gasteiger partial charge in [0.2, 0.25) is 0 Å². The van der Waals surface area contributed by atoms with Gasteiger partial charge in [-0.15, -0.1) is 0 Å². The predicted molar refractivity (Wildman–Crippen MR) is 80.2 cm³/mol. The Labute approximate surface area is 116 Å². The lowest BCUT2D eigenvalue weighted by molar-refractivity contribution is 1.14. The van der Waals surface area contributed by atoms with E-state index in [1.54, 1.807) is 6.20 Å². The molecule has 0 atom stereocenters. The summed E-state index contributed by atoms with van der Waals surface area (Å²) in [6.45, 7) is 4.11. The number of pyridine rings is 1. The maximum Gasteiger partial charge on any atom is 0.145 e. The Kier molecular flexibility index (Phi) is 3.87. The molecule has 0 amide bonds. The molecule has 1 aromatic heterocycles. The zero-order chi connectivity index (χ0) is 13.1. The summed E-state index contributed by atoms with van der Waals surface area (Å²) in [6.07, 6.45) is 2.71. The fourth-order valence-electron chi connectivity index (χ4n) is 1.64. The molecular weight excluding hydrogens is 290 g/mol. The zero-order valence-corrected chi connectivity index (χ0v) is 12.1. The number of rotatable bonds is 3. The molecule has 1 heterocycles.